The molecule has 0 spiro atoms. The van der Waals surface area contributed by atoms with E-state index in [1.807, 2.05) is 0 Å². The third-order valence-electron chi connectivity index (χ3n) is 2.85. The molecular weight excluding hydrogens is 278 g/mol. The van der Waals surface area contributed by atoms with Crippen LogP contribution in [-0.4, -0.2) is 15.2 Å². The number of phenolic OH excluding ortho intramolecular Hbond substituents is 1. The highest BCUT2D eigenvalue weighted by Gasteiger charge is 2.11. The number of halogens is 2. The second-order valence-electron chi connectivity index (χ2n) is 4.52. The molecule has 106 valence electrons. The largest absolute Gasteiger partial charge is 0.508 e. The first-order chi connectivity index (χ1) is 10.1. The molecule has 0 unspecified atom stereocenters. The first-order valence-corrected chi connectivity index (χ1v) is 6.17. The Bertz CT molecular complexity index is 767. The fourth-order valence-electron chi connectivity index (χ4n) is 1.98. The smallest absolute Gasteiger partial charge is 0.258 e. The van der Waals surface area contributed by atoms with E-state index in [1.165, 1.54) is 24.3 Å². The van der Waals surface area contributed by atoms with Crippen molar-refractivity contribution in [3.05, 3.63) is 65.5 Å². The zero-order chi connectivity index (χ0) is 14.8. The SMILES string of the molecule is Oc1cccc(-c2nc(Cc3cc(F)cc(F)c3)no2)c1. The molecule has 3 aromatic rings. The van der Waals surface area contributed by atoms with Crippen molar-refractivity contribution in [2.75, 3.05) is 0 Å². The molecule has 0 bridgehead atoms. The number of hydrogen-bond acceptors (Lipinski definition) is 4. The molecular formula is C15H10F2N2O2. The van der Waals surface area contributed by atoms with Crippen LogP contribution in [0.2, 0.25) is 0 Å². The summed E-state index contributed by atoms with van der Waals surface area (Å²) in [6.07, 6.45) is 0.150. The van der Waals surface area contributed by atoms with Gasteiger partial charge in [0.15, 0.2) is 5.82 Å². The number of hydrogen-bond donors (Lipinski definition) is 1. The Morgan fingerprint density at radius 3 is 2.52 bits per heavy atom. The molecule has 21 heavy (non-hydrogen) atoms. The maximum absolute atomic E-state index is 13.1. The van der Waals surface area contributed by atoms with Gasteiger partial charge in [-0.1, -0.05) is 11.2 Å². The second-order valence-corrected chi connectivity index (χ2v) is 4.52. The molecule has 0 fully saturated rings. The van der Waals surface area contributed by atoms with Crippen LogP contribution in [0.5, 0.6) is 5.75 Å². The van der Waals surface area contributed by atoms with Gasteiger partial charge in [0, 0.05) is 18.1 Å². The lowest BCUT2D eigenvalue weighted by Gasteiger charge is -1.98. The molecule has 0 aliphatic carbocycles. The number of rotatable bonds is 3. The molecule has 0 atom stereocenters. The van der Waals surface area contributed by atoms with Crippen LogP contribution in [-0.2, 0) is 6.42 Å². The monoisotopic (exact) mass is 288 g/mol. The molecule has 0 aliphatic rings. The van der Waals surface area contributed by atoms with Gasteiger partial charge in [-0.05, 0) is 35.9 Å². The molecule has 1 aromatic heterocycles. The van der Waals surface area contributed by atoms with E-state index in [0.29, 0.717) is 17.0 Å². The number of aromatic nitrogens is 2. The van der Waals surface area contributed by atoms with Crippen molar-refractivity contribution in [2.24, 2.45) is 0 Å². The first kappa shape index (κ1) is 13.2. The lowest BCUT2D eigenvalue weighted by atomic mass is 10.1. The van der Waals surface area contributed by atoms with E-state index < -0.39 is 11.6 Å². The summed E-state index contributed by atoms with van der Waals surface area (Å²) in [6, 6.07) is 9.60. The Morgan fingerprint density at radius 2 is 1.81 bits per heavy atom. The Hall–Kier alpha value is -2.76. The van der Waals surface area contributed by atoms with Crippen LogP contribution in [0.15, 0.2) is 47.0 Å². The van der Waals surface area contributed by atoms with Crippen molar-refractivity contribution in [3.63, 3.8) is 0 Å². The lowest BCUT2D eigenvalue weighted by Crippen LogP contribution is -1.93. The fourth-order valence-corrected chi connectivity index (χ4v) is 1.98. The summed E-state index contributed by atoms with van der Waals surface area (Å²) in [7, 11) is 0. The number of aromatic hydroxyl groups is 1. The molecule has 4 nitrogen and oxygen atoms in total. The Labute approximate surface area is 118 Å². The minimum atomic E-state index is -0.651. The van der Waals surface area contributed by atoms with E-state index in [1.54, 1.807) is 12.1 Å². The molecule has 6 heteroatoms. The fraction of sp³-hybridized carbons (Fsp3) is 0.0667. The quantitative estimate of drug-likeness (QED) is 0.803. The van der Waals surface area contributed by atoms with Crippen molar-refractivity contribution in [1.82, 2.24) is 10.1 Å². The maximum atomic E-state index is 13.1. The van der Waals surface area contributed by atoms with Crippen molar-refractivity contribution in [3.8, 4) is 17.2 Å². The van der Waals surface area contributed by atoms with Gasteiger partial charge in [-0.25, -0.2) is 8.78 Å². The van der Waals surface area contributed by atoms with Crippen molar-refractivity contribution < 1.29 is 18.4 Å². The molecule has 0 aliphatic heterocycles. The van der Waals surface area contributed by atoms with Crippen LogP contribution in [0.3, 0.4) is 0 Å². The second kappa shape index (κ2) is 5.32. The van der Waals surface area contributed by atoms with Gasteiger partial charge in [0.05, 0.1) is 0 Å². The van der Waals surface area contributed by atoms with Gasteiger partial charge in [-0.2, -0.15) is 4.98 Å². The van der Waals surface area contributed by atoms with Crippen LogP contribution in [0, 0.1) is 11.6 Å². The van der Waals surface area contributed by atoms with Crippen LogP contribution in [0.25, 0.3) is 11.5 Å². The van der Waals surface area contributed by atoms with Crippen LogP contribution < -0.4 is 0 Å². The van der Waals surface area contributed by atoms with Gasteiger partial charge in [-0.3, -0.25) is 0 Å². The Balaban J connectivity index is 1.85. The summed E-state index contributed by atoms with van der Waals surface area (Å²) >= 11 is 0. The van der Waals surface area contributed by atoms with Crippen molar-refractivity contribution >= 4 is 0 Å². The third-order valence-corrected chi connectivity index (χ3v) is 2.85. The zero-order valence-electron chi connectivity index (χ0n) is 10.8. The molecule has 0 saturated carbocycles. The molecule has 1 heterocycles. The summed E-state index contributed by atoms with van der Waals surface area (Å²) in [5.74, 6) is -0.682. The third kappa shape index (κ3) is 3.05. The van der Waals surface area contributed by atoms with Crippen LogP contribution in [0.1, 0.15) is 11.4 Å². The Kier molecular flexibility index (Phi) is 3.35. The molecule has 0 saturated heterocycles. The molecule has 2 aromatic carbocycles. The maximum Gasteiger partial charge on any atom is 0.258 e. The normalized spacial score (nSPS) is 10.8. The van der Waals surface area contributed by atoms with Gasteiger partial charge in [0.1, 0.15) is 17.4 Å². The Morgan fingerprint density at radius 1 is 1.05 bits per heavy atom. The number of benzene rings is 2. The predicted octanol–water partition coefficient (Wildman–Crippen LogP) is 3.31. The van der Waals surface area contributed by atoms with Gasteiger partial charge < -0.3 is 9.63 Å². The van der Waals surface area contributed by atoms with Gasteiger partial charge in [-0.15, -0.1) is 0 Å². The van der Waals surface area contributed by atoms with E-state index in [-0.39, 0.29) is 18.1 Å². The van der Waals surface area contributed by atoms with E-state index in [2.05, 4.69) is 10.1 Å². The molecule has 0 amide bonds. The molecule has 3 rings (SSSR count). The number of nitrogens with zero attached hydrogens (tertiary/aromatic N) is 2. The summed E-state index contributed by atoms with van der Waals surface area (Å²) in [5.41, 5.74) is 0.981. The van der Waals surface area contributed by atoms with E-state index in [4.69, 9.17) is 4.52 Å². The van der Waals surface area contributed by atoms with Gasteiger partial charge in [0.2, 0.25) is 0 Å². The van der Waals surface area contributed by atoms with Crippen molar-refractivity contribution in [2.45, 2.75) is 6.42 Å². The average molecular weight is 288 g/mol. The highest BCUT2D eigenvalue weighted by molar-refractivity contribution is 5.55. The van der Waals surface area contributed by atoms with E-state index in [0.717, 1.165) is 6.07 Å². The van der Waals surface area contributed by atoms with E-state index >= 15 is 0 Å². The summed E-state index contributed by atoms with van der Waals surface area (Å²) in [4.78, 5) is 4.14. The van der Waals surface area contributed by atoms with Crippen molar-refractivity contribution in [1.29, 1.82) is 0 Å². The zero-order valence-corrected chi connectivity index (χ0v) is 10.8. The summed E-state index contributed by atoms with van der Waals surface area (Å²) < 4.78 is 31.3. The minimum Gasteiger partial charge on any atom is -0.508 e. The van der Waals surface area contributed by atoms with Gasteiger partial charge >= 0.3 is 0 Å². The lowest BCUT2D eigenvalue weighted by molar-refractivity contribution is 0.423. The highest BCUT2D eigenvalue weighted by Crippen LogP contribution is 2.22. The highest BCUT2D eigenvalue weighted by atomic mass is 19.1. The molecule has 0 radical (unpaired) electrons. The predicted molar refractivity (Wildman–Crippen MR) is 70.6 cm³/mol. The van der Waals surface area contributed by atoms with Crippen LogP contribution >= 0.6 is 0 Å². The van der Waals surface area contributed by atoms with E-state index in [9.17, 15) is 13.9 Å². The summed E-state index contributed by atoms with van der Waals surface area (Å²) in [6.45, 7) is 0. The standard InChI is InChI=1S/C15H10F2N2O2/c16-11-4-9(5-12(17)8-11)6-14-18-15(21-19-14)10-2-1-3-13(20)7-10/h1-5,7-8,20H,6H2. The average Bonchev–Trinajstić information content (AvgIpc) is 2.86. The topological polar surface area (TPSA) is 59.2 Å². The summed E-state index contributed by atoms with van der Waals surface area (Å²) in [5, 5.41) is 13.2. The van der Waals surface area contributed by atoms with Gasteiger partial charge in [0.25, 0.3) is 5.89 Å². The number of phenols is 1. The molecule has 1 N–H and O–H groups in total. The van der Waals surface area contributed by atoms with Crippen LogP contribution in [0.4, 0.5) is 8.78 Å². The minimum absolute atomic E-state index is 0.0828. The first-order valence-electron chi connectivity index (χ1n) is 6.17.